The Kier molecular flexibility index (Phi) is 6.58. The Balaban J connectivity index is 1.54. The number of amidine groups is 1. The van der Waals surface area contributed by atoms with Gasteiger partial charge in [-0.05, 0) is 24.5 Å². The van der Waals surface area contributed by atoms with Crippen LogP contribution >= 0.6 is 22.9 Å². The normalized spacial score (nSPS) is 26.3. The zero-order valence-corrected chi connectivity index (χ0v) is 20.3. The van der Waals surface area contributed by atoms with E-state index in [1.807, 2.05) is 5.38 Å². The van der Waals surface area contributed by atoms with Crippen LogP contribution in [0.25, 0.3) is 0 Å². The number of piperidine rings is 1. The molecule has 3 N–H and O–H groups in total. The number of aromatic nitrogens is 1. The van der Waals surface area contributed by atoms with E-state index in [4.69, 9.17) is 21.3 Å². The van der Waals surface area contributed by atoms with E-state index in [1.165, 1.54) is 36.6 Å². The van der Waals surface area contributed by atoms with Crippen molar-refractivity contribution in [2.24, 2.45) is 10.9 Å². The van der Waals surface area contributed by atoms with Gasteiger partial charge in [0, 0.05) is 53.5 Å². The van der Waals surface area contributed by atoms with Crippen LogP contribution in [0.15, 0.2) is 46.0 Å². The summed E-state index contributed by atoms with van der Waals surface area (Å²) in [4.78, 5) is 35.9. The van der Waals surface area contributed by atoms with Crippen LogP contribution in [0.2, 0.25) is 5.02 Å². The van der Waals surface area contributed by atoms with Gasteiger partial charge in [0.25, 0.3) is 0 Å². The number of nitrogens with one attached hydrogen (secondary N) is 2. The van der Waals surface area contributed by atoms with Crippen LogP contribution in [0.4, 0.5) is 4.39 Å². The molecule has 0 amide bonds. The summed E-state index contributed by atoms with van der Waals surface area (Å²) in [6.07, 6.45) is 2.45. The molecule has 184 valence electrons. The molecule has 5 rings (SSSR count). The van der Waals surface area contributed by atoms with E-state index < -0.39 is 29.8 Å². The highest BCUT2D eigenvalue weighted by atomic mass is 35.5. The third-order valence-corrected chi connectivity index (χ3v) is 7.62. The first kappa shape index (κ1) is 23.9. The monoisotopic (exact) mass is 519 g/mol. The van der Waals surface area contributed by atoms with Gasteiger partial charge in [0.15, 0.2) is 10.8 Å². The van der Waals surface area contributed by atoms with Crippen molar-refractivity contribution in [2.45, 2.75) is 24.5 Å². The highest BCUT2D eigenvalue weighted by molar-refractivity contribution is 7.11. The maximum Gasteiger partial charge on any atom is 0.338 e. The molecule has 0 radical (unpaired) electrons. The molecule has 4 atom stereocenters. The van der Waals surface area contributed by atoms with E-state index in [9.17, 15) is 19.1 Å². The maximum atomic E-state index is 13.8. The van der Waals surface area contributed by atoms with Crippen molar-refractivity contribution >= 4 is 40.7 Å². The Bertz CT molecular complexity index is 1220. The van der Waals surface area contributed by atoms with Crippen LogP contribution in [0, 0.1) is 11.7 Å². The number of hydrogen-bond donors (Lipinski definition) is 3. The third-order valence-electron chi connectivity index (χ3n) is 6.52. The summed E-state index contributed by atoms with van der Waals surface area (Å²) in [5.41, 5.74) is 1.30. The number of carbonyl (C=O) groups is 2. The Labute approximate surface area is 209 Å². The Morgan fingerprint density at radius 1 is 1.37 bits per heavy atom. The van der Waals surface area contributed by atoms with Crippen molar-refractivity contribution in [2.75, 3.05) is 26.7 Å². The molecule has 1 aromatic heterocycles. The van der Waals surface area contributed by atoms with Crippen LogP contribution in [-0.2, 0) is 14.3 Å². The number of hydrogen-bond acceptors (Lipinski definition) is 9. The highest BCUT2D eigenvalue weighted by Gasteiger charge is 2.44. The van der Waals surface area contributed by atoms with Crippen LogP contribution in [0.3, 0.4) is 0 Å². The van der Waals surface area contributed by atoms with Gasteiger partial charge in [0.1, 0.15) is 17.9 Å². The van der Waals surface area contributed by atoms with Gasteiger partial charge in [0.05, 0.1) is 12.7 Å². The lowest BCUT2D eigenvalue weighted by Crippen LogP contribution is -2.45. The number of ether oxygens (including phenoxy) is 1. The second kappa shape index (κ2) is 9.65. The van der Waals surface area contributed by atoms with Gasteiger partial charge in [-0.2, -0.15) is 0 Å². The minimum Gasteiger partial charge on any atom is -0.480 e. The van der Waals surface area contributed by atoms with Crippen LogP contribution < -0.4 is 10.6 Å². The number of fused-ring (bicyclic) bond motifs is 2. The fourth-order valence-corrected chi connectivity index (χ4v) is 5.94. The number of carboxylic acid groups (broad SMARTS) is 1. The van der Waals surface area contributed by atoms with Gasteiger partial charge in [-0.1, -0.05) is 17.7 Å². The number of carboxylic acids is 1. The second-order valence-electron chi connectivity index (χ2n) is 8.76. The number of esters is 1. The minimum atomic E-state index is -0.853. The average molecular weight is 520 g/mol. The molecule has 2 fully saturated rings. The number of methoxy groups -OCH3 is 1. The number of likely N-dealkylation sites (tertiary alicyclic amines) is 1. The summed E-state index contributed by atoms with van der Waals surface area (Å²) >= 11 is 7.77. The van der Waals surface area contributed by atoms with Crippen LogP contribution in [0.5, 0.6) is 0 Å². The number of aliphatic carboxylic acids is 1. The van der Waals surface area contributed by atoms with Crippen LogP contribution in [-0.4, -0.2) is 71.6 Å². The molecular formula is C23H23ClFN5O4S. The van der Waals surface area contributed by atoms with Gasteiger partial charge in [-0.3, -0.25) is 14.7 Å². The zero-order valence-electron chi connectivity index (χ0n) is 18.7. The Hall–Kier alpha value is -2.86. The van der Waals surface area contributed by atoms with E-state index in [2.05, 4.69) is 20.5 Å². The summed E-state index contributed by atoms with van der Waals surface area (Å²) in [6.45, 7) is 1.53. The molecule has 2 bridgehead atoms. The number of carbonyl (C=O) groups excluding carboxylic acids is 1. The van der Waals surface area contributed by atoms with Crippen molar-refractivity contribution in [1.29, 1.82) is 0 Å². The predicted octanol–water partition coefficient (Wildman–Crippen LogP) is 2.20. The molecule has 4 heterocycles. The molecule has 0 saturated carbocycles. The Morgan fingerprint density at radius 3 is 2.89 bits per heavy atom. The molecule has 3 aliphatic rings. The standard InChI is InChI=1S/C23H23ClFN5O4S/c1-34-23(33)17-16(10-30-8-11-6-13(9-30)27-18(11)22(31)32)28-20(21-26-4-5-35-21)29-19(17)14-3-2-12(25)7-15(14)24/h2-5,7,11,13,18-19,27H,6,8-10H2,1H3,(H,28,29)(H,31,32)/t11-,13?,18?,19-/m0/s1. The average Bonchev–Trinajstić information content (AvgIpc) is 3.46. The lowest BCUT2D eigenvalue weighted by molar-refractivity contribution is -0.140. The van der Waals surface area contributed by atoms with E-state index in [1.54, 1.807) is 6.20 Å². The summed E-state index contributed by atoms with van der Waals surface area (Å²) in [5, 5.41) is 18.6. The fraction of sp³-hybridized carbons (Fsp3) is 0.391. The third kappa shape index (κ3) is 4.68. The largest absolute Gasteiger partial charge is 0.480 e. The smallest absolute Gasteiger partial charge is 0.338 e. The molecule has 9 nitrogen and oxygen atoms in total. The van der Waals surface area contributed by atoms with Gasteiger partial charge < -0.3 is 20.5 Å². The molecule has 2 aromatic rings. The molecule has 0 spiro atoms. The van der Waals surface area contributed by atoms with Crippen molar-refractivity contribution in [3.63, 3.8) is 0 Å². The number of nitrogens with zero attached hydrogens (tertiary/aromatic N) is 3. The molecule has 2 unspecified atom stereocenters. The second-order valence-corrected chi connectivity index (χ2v) is 10.1. The predicted molar refractivity (Wildman–Crippen MR) is 128 cm³/mol. The van der Waals surface area contributed by atoms with E-state index >= 15 is 0 Å². The van der Waals surface area contributed by atoms with Crippen molar-refractivity contribution in [3.8, 4) is 0 Å². The van der Waals surface area contributed by atoms with Gasteiger partial charge >= 0.3 is 11.9 Å². The summed E-state index contributed by atoms with van der Waals surface area (Å²) < 4.78 is 18.9. The molecule has 35 heavy (non-hydrogen) atoms. The number of thiazole rings is 1. The SMILES string of the molecule is COC(=O)C1=C(CN2CC3C[C@@H](C2)C(C(=O)O)N3)NC(c2nccs2)=N[C@H]1c1ccc(F)cc1Cl. The fourth-order valence-electron chi connectivity index (χ4n) is 5.08. The number of rotatable bonds is 6. The number of aliphatic imine (C=N–C) groups is 1. The van der Waals surface area contributed by atoms with Crippen molar-refractivity contribution < 1.29 is 23.8 Å². The molecule has 0 aliphatic carbocycles. The maximum absolute atomic E-state index is 13.8. The molecule has 3 aliphatic heterocycles. The van der Waals surface area contributed by atoms with E-state index in [-0.39, 0.29) is 22.6 Å². The lowest BCUT2D eigenvalue weighted by atomic mass is 9.93. The highest BCUT2D eigenvalue weighted by Crippen LogP contribution is 2.37. The quantitative estimate of drug-likeness (QED) is 0.497. The Morgan fingerprint density at radius 2 is 2.20 bits per heavy atom. The first-order valence-corrected chi connectivity index (χ1v) is 12.3. The van der Waals surface area contributed by atoms with Crippen molar-refractivity contribution in [1.82, 2.24) is 20.5 Å². The van der Waals surface area contributed by atoms with Crippen LogP contribution in [0.1, 0.15) is 23.0 Å². The summed E-state index contributed by atoms with van der Waals surface area (Å²) in [7, 11) is 1.29. The first-order chi connectivity index (χ1) is 16.8. The zero-order chi connectivity index (χ0) is 24.7. The lowest BCUT2D eigenvalue weighted by Gasteiger charge is -2.34. The molecule has 12 heteroatoms. The number of benzene rings is 1. The molecular weight excluding hydrogens is 497 g/mol. The van der Waals surface area contributed by atoms with E-state index in [0.717, 1.165) is 6.42 Å². The van der Waals surface area contributed by atoms with Crippen molar-refractivity contribution in [3.05, 3.63) is 62.5 Å². The molecule has 2 saturated heterocycles. The topological polar surface area (TPSA) is 116 Å². The number of halogens is 2. The van der Waals surface area contributed by atoms with Gasteiger partial charge in [-0.15, -0.1) is 11.3 Å². The summed E-state index contributed by atoms with van der Waals surface area (Å²) in [5.74, 6) is -1.50. The van der Waals surface area contributed by atoms with Gasteiger partial charge in [-0.25, -0.2) is 14.2 Å². The first-order valence-electron chi connectivity index (χ1n) is 11.1. The minimum absolute atomic E-state index is 0.0357. The van der Waals surface area contributed by atoms with Gasteiger partial charge in [0.2, 0.25) is 0 Å². The van der Waals surface area contributed by atoms with E-state index in [0.29, 0.717) is 41.7 Å². The molecule has 1 aromatic carbocycles. The summed E-state index contributed by atoms with van der Waals surface area (Å²) in [6, 6.07) is 2.60.